The number of ether oxygens (including phenoxy) is 1. The average Bonchev–Trinajstić information content (AvgIpc) is 2.87. The highest BCUT2D eigenvalue weighted by Gasteiger charge is 2.23. The molecule has 2 rings (SSSR count). The third-order valence-electron chi connectivity index (χ3n) is 3.13. The van der Waals surface area contributed by atoms with E-state index in [1.54, 1.807) is 14.0 Å². The monoisotopic (exact) mass is 334 g/mol. The summed E-state index contributed by atoms with van der Waals surface area (Å²) in [6.07, 6.45) is 0. The molecule has 0 unspecified atom stereocenters. The normalized spacial score (nSPS) is 10.5. The van der Waals surface area contributed by atoms with Gasteiger partial charge in [0.1, 0.15) is 16.4 Å². The summed E-state index contributed by atoms with van der Waals surface area (Å²) in [5.74, 6) is -1.37. The molecule has 0 atom stereocenters. The van der Waals surface area contributed by atoms with Gasteiger partial charge in [0.2, 0.25) is 0 Å². The van der Waals surface area contributed by atoms with Crippen LogP contribution in [0, 0.1) is 6.92 Å². The van der Waals surface area contributed by atoms with Crippen molar-refractivity contribution in [1.82, 2.24) is 9.88 Å². The Kier molecular flexibility index (Phi) is 5.84. The number of rotatable bonds is 7. The number of hydrogen-bond acceptors (Lipinski definition) is 5. The molecule has 0 aliphatic rings. The van der Waals surface area contributed by atoms with Crippen molar-refractivity contribution in [3.8, 4) is 0 Å². The molecule has 0 saturated heterocycles. The van der Waals surface area contributed by atoms with Crippen molar-refractivity contribution in [3.63, 3.8) is 0 Å². The number of carboxylic acids is 1. The number of aryl methyl sites for hydroxylation is 1. The quantitative estimate of drug-likeness (QED) is 0.840. The van der Waals surface area contributed by atoms with Crippen LogP contribution >= 0.6 is 11.3 Å². The number of nitrogens with zero attached hydrogens (tertiary/aromatic N) is 2. The molecular weight excluding hydrogens is 316 g/mol. The van der Waals surface area contributed by atoms with Crippen LogP contribution < -0.4 is 0 Å². The summed E-state index contributed by atoms with van der Waals surface area (Å²) in [5, 5.41) is 9.79. The SMILES string of the molecule is COCc1nc(C)c(C(=O)N(CC(=O)O)Cc2ccccc2)s1. The van der Waals surface area contributed by atoms with Crippen molar-refractivity contribution in [1.29, 1.82) is 0 Å². The molecule has 0 bridgehead atoms. The van der Waals surface area contributed by atoms with Crippen LogP contribution in [0.2, 0.25) is 0 Å². The molecule has 1 amide bonds. The van der Waals surface area contributed by atoms with Crippen LogP contribution in [-0.2, 0) is 22.7 Å². The molecule has 1 N–H and O–H groups in total. The fourth-order valence-electron chi connectivity index (χ4n) is 2.15. The Hall–Kier alpha value is -2.25. The Morgan fingerprint density at radius 3 is 2.61 bits per heavy atom. The van der Waals surface area contributed by atoms with E-state index in [9.17, 15) is 9.59 Å². The highest BCUT2D eigenvalue weighted by molar-refractivity contribution is 7.13. The Bertz CT molecular complexity index is 685. The second-order valence-corrected chi connectivity index (χ2v) is 6.08. The first-order valence-electron chi connectivity index (χ1n) is 7.01. The summed E-state index contributed by atoms with van der Waals surface area (Å²) in [5.41, 5.74) is 1.47. The maximum atomic E-state index is 12.7. The highest BCUT2D eigenvalue weighted by Crippen LogP contribution is 2.21. The fourth-order valence-corrected chi connectivity index (χ4v) is 3.15. The number of methoxy groups -OCH3 is 1. The van der Waals surface area contributed by atoms with Crippen molar-refractivity contribution >= 4 is 23.2 Å². The van der Waals surface area contributed by atoms with E-state index in [4.69, 9.17) is 9.84 Å². The predicted molar refractivity (Wildman–Crippen MR) is 86.4 cm³/mol. The molecule has 23 heavy (non-hydrogen) atoms. The topological polar surface area (TPSA) is 79.7 Å². The Balaban J connectivity index is 2.24. The molecule has 2 aromatic rings. The first-order valence-corrected chi connectivity index (χ1v) is 7.83. The van der Waals surface area contributed by atoms with Gasteiger partial charge in [-0.15, -0.1) is 11.3 Å². The first-order chi connectivity index (χ1) is 11.0. The van der Waals surface area contributed by atoms with Crippen LogP contribution in [0.5, 0.6) is 0 Å². The van der Waals surface area contributed by atoms with E-state index in [1.165, 1.54) is 16.2 Å². The smallest absolute Gasteiger partial charge is 0.323 e. The van der Waals surface area contributed by atoms with Gasteiger partial charge in [-0.05, 0) is 12.5 Å². The summed E-state index contributed by atoms with van der Waals surface area (Å²) >= 11 is 1.24. The number of benzene rings is 1. The first kappa shape index (κ1) is 17.1. The van der Waals surface area contributed by atoms with E-state index < -0.39 is 5.97 Å². The molecule has 6 nitrogen and oxygen atoms in total. The number of carboxylic acid groups (broad SMARTS) is 1. The number of aromatic nitrogens is 1. The van der Waals surface area contributed by atoms with Crippen molar-refractivity contribution in [2.24, 2.45) is 0 Å². The van der Waals surface area contributed by atoms with Crippen LogP contribution in [0.4, 0.5) is 0 Å². The molecule has 0 fully saturated rings. The average molecular weight is 334 g/mol. The van der Waals surface area contributed by atoms with Crippen LogP contribution in [0.1, 0.15) is 25.9 Å². The highest BCUT2D eigenvalue weighted by atomic mass is 32.1. The van der Waals surface area contributed by atoms with E-state index >= 15 is 0 Å². The summed E-state index contributed by atoms with van der Waals surface area (Å²) in [4.78, 5) is 29.9. The van der Waals surface area contributed by atoms with Gasteiger partial charge in [-0.25, -0.2) is 4.98 Å². The van der Waals surface area contributed by atoms with Gasteiger partial charge in [-0.3, -0.25) is 9.59 Å². The Labute approximate surface area is 138 Å². The van der Waals surface area contributed by atoms with Gasteiger partial charge in [0.05, 0.1) is 12.3 Å². The summed E-state index contributed by atoms with van der Waals surface area (Å²) in [6, 6.07) is 9.30. The van der Waals surface area contributed by atoms with Gasteiger partial charge in [0, 0.05) is 13.7 Å². The van der Waals surface area contributed by atoms with Gasteiger partial charge in [-0.1, -0.05) is 30.3 Å². The zero-order valence-electron chi connectivity index (χ0n) is 13.0. The second-order valence-electron chi connectivity index (χ2n) is 5.00. The molecule has 1 aromatic carbocycles. The number of carbonyl (C=O) groups excluding carboxylic acids is 1. The minimum Gasteiger partial charge on any atom is -0.480 e. The zero-order valence-corrected chi connectivity index (χ0v) is 13.8. The lowest BCUT2D eigenvalue weighted by atomic mass is 10.2. The summed E-state index contributed by atoms with van der Waals surface area (Å²) in [7, 11) is 1.56. The van der Waals surface area contributed by atoms with E-state index in [-0.39, 0.29) is 19.0 Å². The van der Waals surface area contributed by atoms with Crippen LogP contribution in [0.3, 0.4) is 0 Å². The van der Waals surface area contributed by atoms with Crippen LogP contribution in [0.15, 0.2) is 30.3 Å². The molecule has 0 saturated carbocycles. The third kappa shape index (κ3) is 4.61. The zero-order chi connectivity index (χ0) is 16.8. The lowest BCUT2D eigenvalue weighted by Crippen LogP contribution is -2.35. The van der Waals surface area contributed by atoms with Crippen LogP contribution in [0.25, 0.3) is 0 Å². The number of thiazole rings is 1. The van der Waals surface area contributed by atoms with E-state index in [1.807, 2.05) is 30.3 Å². The maximum absolute atomic E-state index is 12.7. The number of carbonyl (C=O) groups is 2. The number of amides is 1. The Morgan fingerprint density at radius 2 is 2.00 bits per heavy atom. The van der Waals surface area contributed by atoms with Crippen molar-refractivity contribution < 1.29 is 19.4 Å². The van der Waals surface area contributed by atoms with Gasteiger partial charge >= 0.3 is 5.97 Å². The van der Waals surface area contributed by atoms with Gasteiger partial charge in [-0.2, -0.15) is 0 Å². The van der Waals surface area contributed by atoms with Gasteiger partial charge in [0.15, 0.2) is 0 Å². The van der Waals surface area contributed by atoms with Gasteiger partial charge in [0.25, 0.3) is 5.91 Å². The van der Waals surface area contributed by atoms with Crippen molar-refractivity contribution in [3.05, 3.63) is 51.5 Å². The minimum absolute atomic E-state index is 0.239. The summed E-state index contributed by atoms with van der Waals surface area (Å²) < 4.78 is 5.03. The lowest BCUT2D eigenvalue weighted by Gasteiger charge is -2.20. The molecule has 0 aliphatic carbocycles. The van der Waals surface area contributed by atoms with Gasteiger partial charge < -0.3 is 14.7 Å². The molecule has 1 heterocycles. The molecular formula is C16H18N2O4S. The Morgan fingerprint density at radius 1 is 1.30 bits per heavy atom. The third-order valence-corrected chi connectivity index (χ3v) is 4.25. The van der Waals surface area contributed by atoms with E-state index in [0.717, 1.165) is 5.56 Å². The number of aliphatic carboxylic acids is 1. The van der Waals surface area contributed by atoms with Crippen LogP contribution in [-0.4, -0.2) is 40.5 Å². The van der Waals surface area contributed by atoms with E-state index in [2.05, 4.69) is 4.98 Å². The predicted octanol–water partition coefficient (Wildman–Crippen LogP) is 2.32. The van der Waals surface area contributed by atoms with Crippen molar-refractivity contribution in [2.75, 3.05) is 13.7 Å². The lowest BCUT2D eigenvalue weighted by molar-refractivity contribution is -0.137. The molecule has 0 spiro atoms. The molecule has 122 valence electrons. The molecule has 7 heteroatoms. The van der Waals surface area contributed by atoms with Crippen molar-refractivity contribution in [2.45, 2.75) is 20.1 Å². The maximum Gasteiger partial charge on any atom is 0.323 e. The fraction of sp³-hybridized carbons (Fsp3) is 0.312. The van der Waals surface area contributed by atoms with E-state index in [0.29, 0.717) is 22.2 Å². The number of hydrogen-bond donors (Lipinski definition) is 1. The standard InChI is InChI=1S/C16H18N2O4S/c1-11-15(23-13(17-11)10-22-2)16(21)18(9-14(19)20)8-12-6-4-3-5-7-12/h3-7H,8-10H2,1-2H3,(H,19,20). The summed E-state index contributed by atoms with van der Waals surface area (Å²) in [6.45, 7) is 1.95. The second kappa shape index (κ2) is 7.85. The minimum atomic E-state index is -1.05. The molecule has 0 aliphatic heterocycles. The molecule has 0 radical (unpaired) electrons. The largest absolute Gasteiger partial charge is 0.480 e. The molecule has 1 aromatic heterocycles.